The number of carbonyl (C=O) groups excluding carboxylic acids is 1. The Kier molecular flexibility index (Phi) is 4.22. The van der Waals surface area contributed by atoms with Crippen LogP contribution < -0.4 is 0 Å². The van der Waals surface area contributed by atoms with Crippen LogP contribution in [-0.2, 0) is 20.7 Å². The molecule has 0 unspecified atom stereocenters. The number of hydrogen-bond acceptors (Lipinski definition) is 4. The lowest BCUT2D eigenvalue weighted by Gasteiger charge is -2.40. The Bertz CT molecular complexity index is 486. The second kappa shape index (κ2) is 6.12. The molecule has 0 bridgehead atoms. The number of aromatic nitrogens is 1. The highest BCUT2D eigenvalue weighted by atomic mass is 16.7. The quantitative estimate of drug-likeness (QED) is 0.849. The Morgan fingerprint density at radius 2 is 2.29 bits per heavy atom. The SMILES string of the molecule is CC1([C@@H]2CCCN(C(=O)Cc3cccnc3)C2)OCCO1. The van der Waals surface area contributed by atoms with E-state index >= 15 is 0 Å². The fraction of sp³-hybridized carbons (Fsp3) is 0.625. The Hall–Kier alpha value is -1.46. The van der Waals surface area contributed by atoms with E-state index in [-0.39, 0.29) is 11.8 Å². The van der Waals surface area contributed by atoms with Crippen LogP contribution >= 0.6 is 0 Å². The minimum absolute atomic E-state index is 0.161. The third-order valence-electron chi connectivity index (χ3n) is 4.45. The molecule has 2 saturated heterocycles. The molecule has 1 atom stereocenters. The van der Waals surface area contributed by atoms with E-state index in [9.17, 15) is 4.79 Å². The number of likely N-dealkylation sites (tertiary alicyclic amines) is 1. The summed E-state index contributed by atoms with van der Waals surface area (Å²) in [6, 6.07) is 3.81. The van der Waals surface area contributed by atoms with Crippen molar-refractivity contribution in [2.45, 2.75) is 32.0 Å². The van der Waals surface area contributed by atoms with Crippen LogP contribution in [0.3, 0.4) is 0 Å². The summed E-state index contributed by atoms with van der Waals surface area (Å²) >= 11 is 0. The largest absolute Gasteiger partial charge is 0.347 e. The van der Waals surface area contributed by atoms with Crippen molar-refractivity contribution in [3.8, 4) is 0 Å². The number of piperidine rings is 1. The summed E-state index contributed by atoms with van der Waals surface area (Å²) < 4.78 is 11.5. The molecule has 0 saturated carbocycles. The van der Waals surface area contributed by atoms with E-state index in [2.05, 4.69) is 4.98 Å². The first-order valence-electron chi connectivity index (χ1n) is 7.62. The average Bonchev–Trinajstić information content (AvgIpc) is 2.97. The Labute approximate surface area is 125 Å². The van der Waals surface area contributed by atoms with Crippen LogP contribution in [0.25, 0.3) is 0 Å². The van der Waals surface area contributed by atoms with Gasteiger partial charge in [-0.3, -0.25) is 9.78 Å². The Balaban J connectivity index is 1.61. The van der Waals surface area contributed by atoms with Crippen molar-refractivity contribution >= 4 is 5.91 Å². The van der Waals surface area contributed by atoms with Gasteiger partial charge in [0.1, 0.15) is 0 Å². The van der Waals surface area contributed by atoms with Crippen molar-refractivity contribution in [1.82, 2.24) is 9.88 Å². The number of carbonyl (C=O) groups is 1. The van der Waals surface area contributed by atoms with Crippen molar-refractivity contribution in [3.05, 3.63) is 30.1 Å². The molecule has 1 aromatic rings. The summed E-state index contributed by atoms with van der Waals surface area (Å²) in [7, 11) is 0. The third kappa shape index (κ3) is 3.24. The first-order valence-corrected chi connectivity index (χ1v) is 7.62. The van der Waals surface area contributed by atoms with E-state index in [0.29, 0.717) is 19.6 Å². The normalized spacial score (nSPS) is 25.0. The lowest BCUT2D eigenvalue weighted by atomic mass is 9.90. The minimum Gasteiger partial charge on any atom is -0.347 e. The molecule has 0 aliphatic carbocycles. The van der Waals surface area contributed by atoms with Crippen molar-refractivity contribution in [1.29, 1.82) is 0 Å². The maximum Gasteiger partial charge on any atom is 0.227 e. The molecule has 2 aliphatic rings. The molecule has 3 rings (SSSR count). The number of ether oxygens (including phenoxy) is 2. The molecule has 5 nitrogen and oxygen atoms in total. The highest BCUT2D eigenvalue weighted by molar-refractivity contribution is 5.78. The van der Waals surface area contributed by atoms with Crippen LogP contribution in [-0.4, -0.2) is 47.9 Å². The maximum absolute atomic E-state index is 12.4. The zero-order valence-electron chi connectivity index (χ0n) is 12.5. The number of rotatable bonds is 3. The molecule has 114 valence electrons. The molecule has 2 aliphatic heterocycles. The standard InChI is InChI=1S/C16H22N2O3/c1-16(20-8-9-21-16)14-5-3-7-18(12-14)15(19)10-13-4-2-6-17-11-13/h2,4,6,11,14H,3,5,7-10,12H2,1H3/t14-/m1/s1. The van der Waals surface area contributed by atoms with Crippen molar-refractivity contribution in [2.24, 2.45) is 5.92 Å². The van der Waals surface area contributed by atoms with E-state index in [0.717, 1.165) is 31.5 Å². The van der Waals surface area contributed by atoms with Gasteiger partial charge in [0.2, 0.25) is 5.91 Å². The molecule has 1 amide bonds. The first kappa shape index (κ1) is 14.5. The van der Waals surface area contributed by atoms with E-state index in [4.69, 9.17) is 9.47 Å². The summed E-state index contributed by atoms with van der Waals surface area (Å²) in [5.41, 5.74) is 0.962. The molecular formula is C16H22N2O3. The predicted molar refractivity (Wildman–Crippen MR) is 77.6 cm³/mol. The van der Waals surface area contributed by atoms with Gasteiger partial charge in [-0.1, -0.05) is 6.07 Å². The van der Waals surface area contributed by atoms with Crippen molar-refractivity contribution in [3.63, 3.8) is 0 Å². The molecule has 5 heteroatoms. The van der Waals surface area contributed by atoms with Gasteiger partial charge in [-0.2, -0.15) is 0 Å². The van der Waals surface area contributed by atoms with Gasteiger partial charge in [-0.15, -0.1) is 0 Å². The van der Waals surface area contributed by atoms with Crippen molar-refractivity contribution < 1.29 is 14.3 Å². The Morgan fingerprint density at radius 3 is 3.00 bits per heavy atom. The van der Waals surface area contributed by atoms with Gasteiger partial charge in [0, 0.05) is 31.4 Å². The van der Waals surface area contributed by atoms with Crippen LogP contribution in [0.1, 0.15) is 25.3 Å². The van der Waals surface area contributed by atoms with Gasteiger partial charge in [-0.25, -0.2) is 0 Å². The summed E-state index contributed by atoms with van der Waals surface area (Å²) in [4.78, 5) is 18.5. The molecule has 0 radical (unpaired) electrons. The first-order chi connectivity index (χ1) is 10.2. The topological polar surface area (TPSA) is 51.7 Å². The van der Waals surface area contributed by atoms with Gasteiger partial charge in [0.25, 0.3) is 0 Å². The summed E-state index contributed by atoms with van der Waals surface area (Å²) in [5, 5.41) is 0. The zero-order chi connectivity index (χ0) is 14.7. The maximum atomic E-state index is 12.4. The van der Waals surface area contributed by atoms with Crippen LogP contribution in [0.2, 0.25) is 0 Å². The summed E-state index contributed by atoms with van der Waals surface area (Å²) in [5.74, 6) is -0.103. The van der Waals surface area contributed by atoms with E-state index in [1.165, 1.54) is 0 Å². The van der Waals surface area contributed by atoms with Crippen LogP contribution in [0.5, 0.6) is 0 Å². The second-order valence-electron chi connectivity index (χ2n) is 5.93. The fourth-order valence-corrected chi connectivity index (χ4v) is 3.19. The fourth-order valence-electron chi connectivity index (χ4n) is 3.19. The van der Waals surface area contributed by atoms with E-state index < -0.39 is 5.79 Å². The molecule has 21 heavy (non-hydrogen) atoms. The van der Waals surface area contributed by atoms with Gasteiger partial charge in [0.05, 0.1) is 19.6 Å². The molecule has 3 heterocycles. The lowest BCUT2D eigenvalue weighted by molar-refractivity contribution is -0.192. The van der Waals surface area contributed by atoms with Gasteiger partial charge in [-0.05, 0) is 31.4 Å². The van der Waals surface area contributed by atoms with Crippen LogP contribution in [0.15, 0.2) is 24.5 Å². The van der Waals surface area contributed by atoms with Gasteiger partial charge < -0.3 is 14.4 Å². The van der Waals surface area contributed by atoms with Crippen molar-refractivity contribution in [2.75, 3.05) is 26.3 Å². The van der Waals surface area contributed by atoms with E-state index in [1.54, 1.807) is 12.4 Å². The minimum atomic E-state index is -0.521. The number of amides is 1. The third-order valence-corrected chi connectivity index (χ3v) is 4.45. The molecular weight excluding hydrogens is 268 g/mol. The second-order valence-corrected chi connectivity index (χ2v) is 5.93. The zero-order valence-corrected chi connectivity index (χ0v) is 12.5. The molecule has 0 aromatic carbocycles. The number of nitrogens with zero attached hydrogens (tertiary/aromatic N) is 2. The highest BCUT2D eigenvalue weighted by Gasteiger charge is 2.42. The Morgan fingerprint density at radius 1 is 1.48 bits per heavy atom. The van der Waals surface area contributed by atoms with Gasteiger partial charge in [0.15, 0.2) is 5.79 Å². The summed E-state index contributed by atoms with van der Waals surface area (Å²) in [6.45, 7) is 4.84. The summed E-state index contributed by atoms with van der Waals surface area (Å²) in [6.07, 6.45) is 5.95. The number of hydrogen-bond donors (Lipinski definition) is 0. The highest BCUT2D eigenvalue weighted by Crippen LogP contribution is 2.34. The molecule has 1 aromatic heterocycles. The van der Waals surface area contributed by atoms with Gasteiger partial charge >= 0.3 is 0 Å². The van der Waals surface area contributed by atoms with Crippen LogP contribution in [0, 0.1) is 5.92 Å². The van der Waals surface area contributed by atoms with E-state index in [1.807, 2.05) is 24.0 Å². The molecule has 2 fully saturated rings. The molecule has 0 N–H and O–H groups in total. The average molecular weight is 290 g/mol. The predicted octanol–water partition coefficient (Wildman–Crippen LogP) is 1.63. The molecule has 0 spiro atoms. The lowest BCUT2D eigenvalue weighted by Crippen LogP contribution is -2.49. The number of pyridine rings is 1. The van der Waals surface area contributed by atoms with Crippen LogP contribution in [0.4, 0.5) is 0 Å². The smallest absolute Gasteiger partial charge is 0.227 e. The monoisotopic (exact) mass is 290 g/mol.